The van der Waals surface area contributed by atoms with Gasteiger partial charge in [0.05, 0.1) is 0 Å². The van der Waals surface area contributed by atoms with E-state index >= 15 is 0 Å². The van der Waals surface area contributed by atoms with E-state index in [0.717, 1.165) is 23.4 Å². The second-order valence-electron chi connectivity index (χ2n) is 4.08. The molecule has 0 saturated carbocycles. The number of hydrogen-bond acceptors (Lipinski definition) is 2. The van der Waals surface area contributed by atoms with Crippen LogP contribution in [0.2, 0.25) is 0 Å². The normalized spacial score (nSPS) is 19.9. The maximum atomic E-state index is 11.8. The molecule has 3 heteroatoms. The molecule has 0 spiro atoms. The largest absolute Gasteiger partial charge is 0.314 e. The molecule has 0 bridgehead atoms. The fourth-order valence-electron chi connectivity index (χ4n) is 2.27. The van der Waals surface area contributed by atoms with Crippen LogP contribution in [0.5, 0.6) is 0 Å². The van der Waals surface area contributed by atoms with E-state index in [1.807, 2.05) is 20.9 Å². The molecular formula is C11H16N2O. The van der Waals surface area contributed by atoms with E-state index in [2.05, 4.69) is 12.2 Å². The molecule has 2 heterocycles. The minimum Gasteiger partial charge on any atom is -0.314 e. The van der Waals surface area contributed by atoms with Crippen LogP contribution in [0.15, 0.2) is 4.79 Å². The van der Waals surface area contributed by atoms with Crippen molar-refractivity contribution in [3.63, 3.8) is 0 Å². The number of hydrogen-bond donors (Lipinski definition) is 1. The van der Waals surface area contributed by atoms with Gasteiger partial charge in [-0.2, -0.15) is 0 Å². The molecule has 3 nitrogen and oxygen atoms in total. The topological polar surface area (TPSA) is 34.0 Å². The Kier molecular flexibility index (Phi) is 2.00. The summed E-state index contributed by atoms with van der Waals surface area (Å²) in [5.41, 5.74) is 4.62. The molecule has 2 rings (SSSR count). The summed E-state index contributed by atoms with van der Waals surface area (Å²) in [6.07, 6.45) is 0. The highest BCUT2D eigenvalue weighted by molar-refractivity contribution is 5.40. The van der Waals surface area contributed by atoms with E-state index in [1.165, 1.54) is 5.56 Å². The van der Waals surface area contributed by atoms with Crippen LogP contribution < -0.4 is 10.9 Å². The third-order valence-corrected chi connectivity index (χ3v) is 3.32. The SMILES string of the molecule is Cc1c2c(n(C)c(=O)c1C)CN[C@@H]2C. The molecule has 14 heavy (non-hydrogen) atoms. The maximum absolute atomic E-state index is 11.8. The predicted molar refractivity (Wildman–Crippen MR) is 56.4 cm³/mol. The summed E-state index contributed by atoms with van der Waals surface area (Å²) in [5, 5.41) is 3.36. The minimum absolute atomic E-state index is 0.136. The van der Waals surface area contributed by atoms with Crippen LogP contribution in [0.4, 0.5) is 0 Å². The molecule has 1 aromatic heterocycles. The van der Waals surface area contributed by atoms with Crippen molar-refractivity contribution >= 4 is 0 Å². The van der Waals surface area contributed by atoms with Crippen molar-refractivity contribution in [2.24, 2.45) is 7.05 Å². The van der Waals surface area contributed by atoms with Crippen LogP contribution in [0.3, 0.4) is 0 Å². The van der Waals surface area contributed by atoms with Gasteiger partial charge in [-0.15, -0.1) is 0 Å². The van der Waals surface area contributed by atoms with Gasteiger partial charge in [-0.25, -0.2) is 0 Å². The molecule has 0 radical (unpaired) electrons. The Morgan fingerprint density at radius 1 is 1.36 bits per heavy atom. The van der Waals surface area contributed by atoms with Crippen molar-refractivity contribution in [1.82, 2.24) is 9.88 Å². The number of aromatic nitrogens is 1. The zero-order valence-corrected chi connectivity index (χ0v) is 9.14. The van der Waals surface area contributed by atoms with E-state index in [1.54, 1.807) is 4.57 Å². The summed E-state index contributed by atoms with van der Waals surface area (Å²) in [5.74, 6) is 0. The average Bonchev–Trinajstić information content (AvgIpc) is 2.54. The van der Waals surface area contributed by atoms with Gasteiger partial charge in [-0.3, -0.25) is 4.79 Å². The van der Waals surface area contributed by atoms with Crippen molar-refractivity contribution in [2.45, 2.75) is 33.4 Å². The molecule has 76 valence electrons. The Morgan fingerprint density at radius 3 is 2.64 bits per heavy atom. The summed E-state index contributed by atoms with van der Waals surface area (Å²) in [6, 6.07) is 0.371. The average molecular weight is 192 g/mol. The second kappa shape index (κ2) is 2.95. The second-order valence-corrected chi connectivity index (χ2v) is 4.08. The number of nitrogens with one attached hydrogen (secondary N) is 1. The van der Waals surface area contributed by atoms with Crippen molar-refractivity contribution < 1.29 is 0 Å². The number of rotatable bonds is 0. The molecule has 0 aliphatic carbocycles. The van der Waals surface area contributed by atoms with E-state index in [0.29, 0.717) is 6.04 Å². The lowest BCUT2D eigenvalue weighted by molar-refractivity contribution is 0.625. The van der Waals surface area contributed by atoms with Gasteiger partial charge < -0.3 is 9.88 Å². The third kappa shape index (κ3) is 1.05. The molecule has 1 aliphatic heterocycles. The van der Waals surface area contributed by atoms with Crippen LogP contribution in [0, 0.1) is 13.8 Å². The first-order valence-corrected chi connectivity index (χ1v) is 4.96. The van der Waals surface area contributed by atoms with E-state index in [-0.39, 0.29) is 5.56 Å². The van der Waals surface area contributed by atoms with Gasteiger partial charge >= 0.3 is 0 Å². The van der Waals surface area contributed by atoms with Crippen molar-refractivity contribution in [3.05, 3.63) is 32.7 Å². The Morgan fingerprint density at radius 2 is 2.00 bits per heavy atom. The smallest absolute Gasteiger partial charge is 0.253 e. The molecule has 0 amide bonds. The lowest BCUT2D eigenvalue weighted by Crippen LogP contribution is -2.24. The summed E-state index contributed by atoms with van der Waals surface area (Å²) >= 11 is 0. The summed E-state index contributed by atoms with van der Waals surface area (Å²) in [6.45, 7) is 6.90. The van der Waals surface area contributed by atoms with Crippen LogP contribution in [0.25, 0.3) is 0 Å². The van der Waals surface area contributed by atoms with Gasteiger partial charge in [-0.05, 0) is 31.9 Å². The number of fused-ring (bicyclic) bond motifs is 1. The molecule has 0 saturated heterocycles. The zero-order valence-electron chi connectivity index (χ0n) is 9.14. The number of nitrogens with zero attached hydrogens (tertiary/aromatic N) is 1. The van der Waals surface area contributed by atoms with Crippen molar-refractivity contribution in [1.29, 1.82) is 0 Å². The molecule has 0 fully saturated rings. The fraction of sp³-hybridized carbons (Fsp3) is 0.545. The fourth-order valence-corrected chi connectivity index (χ4v) is 2.27. The zero-order chi connectivity index (χ0) is 10.5. The highest BCUT2D eigenvalue weighted by Crippen LogP contribution is 2.27. The maximum Gasteiger partial charge on any atom is 0.253 e. The molecule has 0 unspecified atom stereocenters. The third-order valence-electron chi connectivity index (χ3n) is 3.32. The van der Waals surface area contributed by atoms with Gasteiger partial charge in [0.1, 0.15) is 0 Å². The van der Waals surface area contributed by atoms with Gasteiger partial charge in [0.15, 0.2) is 0 Å². The first kappa shape index (κ1) is 9.46. The van der Waals surface area contributed by atoms with E-state index < -0.39 is 0 Å². The van der Waals surface area contributed by atoms with Crippen LogP contribution in [-0.4, -0.2) is 4.57 Å². The Balaban J connectivity index is 2.84. The van der Waals surface area contributed by atoms with E-state index in [9.17, 15) is 4.79 Å². The standard InChI is InChI=1S/C11H16N2O/c1-6-7(2)11(14)13(4)9-5-12-8(3)10(6)9/h8,12H,5H2,1-4H3/t8-/m1/s1. The highest BCUT2D eigenvalue weighted by atomic mass is 16.1. The lowest BCUT2D eigenvalue weighted by atomic mass is 10.0. The van der Waals surface area contributed by atoms with Gasteiger partial charge in [0.25, 0.3) is 5.56 Å². The molecule has 1 atom stereocenters. The summed E-state index contributed by atoms with van der Waals surface area (Å²) in [7, 11) is 1.85. The first-order chi connectivity index (χ1) is 6.54. The predicted octanol–water partition coefficient (Wildman–Crippen LogP) is 1.17. The lowest BCUT2D eigenvalue weighted by Gasteiger charge is -2.13. The molecule has 1 aliphatic rings. The molecule has 0 aromatic carbocycles. The van der Waals surface area contributed by atoms with E-state index in [4.69, 9.17) is 0 Å². The van der Waals surface area contributed by atoms with Crippen LogP contribution >= 0.6 is 0 Å². The Labute approximate surface area is 83.8 Å². The van der Waals surface area contributed by atoms with Gasteiger partial charge in [-0.1, -0.05) is 0 Å². The molecular weight excluding hydrogens is 176 g/mol. The van der Waals surface area contributed by atoms with Crippen molar-refractivity contribution in [2.75, 3.05) is 0 Å². The highest BCUT2D eigenvalue weighted by Gasteiger charge is 2.24. The van der Waals surface area contributed by atoms with Crippen LogP contribution in [-0.2, 0) is 13.6 Å². The molecule has 1 N–H and O–H groups in total. The Hall–Kier alpha value is -1.09. The van der Waals surface area contributed by atoms with Gasteiger partial charge in [0.2, 0.25) is 0 Å². The summed E-state index contributed by atoms with van der Waals surface area (Å²) in [4.78, 5) is 11.8. The summed E-state index contributed by atoms with van der Waals surface area (Å²) < 4.78 is 1.77. The number of pyridine rings is 1. The van der Waals surface area contributed by atoms with Crippen LogP contribution in [0.1, 0.15) is 35.3 Å². The Bertz CT molecular complexity index is 446. The quantitative estimate of drug-likeness (QED) is 0.669. The monoisotopic (exact) mass is 192 g/mol. The van der Waals surface area contributed by atoms with Crippen molar-refractivity contribution in [3.8, 4) is 0 Å². The van der Waals surface area contributed by atoms with Gasteiger partial charge in [0, 0.05) is 30.9 Å². The molecule has 1 aromatic rings. The minimum atomic E-state index is 0.136. The first-order valence-electron chi connectivity index (χ1n) is 4.96.